The van der Waals surface area contributed by atoms with Gasteiger partial charge in [0.25, 0.3) is 0 Å². The molecule has 1 heterocycles. The van der Waals surface area contributed by atoms with Crippen LogP contribution in [0.2, 0.25) is 5.02 Å². The van der Waals surface area contributed by atoms with E-state index in [4.69, 9.17) is 16.9 Å². The zero-order chi connectivity index (χ0) is 11.4. The van der Waals surface area contributed by atoms with Crippen molar-refractivity contribution in [3.05, 3.63) is 28.8 Å². The lowest BCUT2D eigenvalue weighted by Gasteiger charge is -2.11. The van der Waals surface area contributed by atoms with Gasteiger partial charge in [0.15, 0.2) is 0 Å². The first-order valence-corrected chi connectivity index (χ1v) is 6.77. The number of anilines is 1. The van der Waals surface area contributed by atoms with E-state index < -0.39 is 0 Å². The van der Waals surface area contributed by atoms with Gasteiger partial charge < -0.3 is 5.32 Å². The standard InChI is InChI=1S/C12H13ClN2S/c13-12-6-10(4-3-9(12)7-14)15-8-11-2-1-5-16-11/h3-4,6,11,15H,1-2,5,8H2. The lowest BCUT2D eigenvalue weighted by atomic mass is 10.2. The fraction of sp³-hybridized carbons (Fsp3) is 0.417. The summed E-state index contributed by atoms with van der Waals surface area (Å²) in [6.07, 6.45) is 2.62. The molecular weight excluding hydrogens is 240 g/mol. The fourth-order valence-electron chi connectivity index (χ4n) is 1.75. The van der Waals surface area contributed by atoms with Crippen molar-refractivity contribution in [3.8, 4) is 6.07 Å². The summed E-state index contributed by atoms with van der Waals surface area (Å²) in [5.74, 6) is 1.28. The van der Waals surface area contributed by atoms with E-state index in [1.807, 2.05) is 23.9 Å². The van der Waals surface area contributed by atoms with Crippen molar-refractivity contribution in [1.29, 1.82) is 5.26 Å². The van der Waals surface area contributed by atoms with E-state index in [1.165, 1.54) is 18.6 Å². The van der Waals surface area contributed by atoms with Crippen LogP contribution >= 0.6 is 23.4 Å². The molecule has 1 aromatic carbocycles. The normalized spacial score (nSPS) is 19.4. The maximum Gasteiger partial charge on any atom is 0.101 e. The summed E-state index contributed by atoms with van der Waals surface area (Å²) in [6, 6.07) is 7.54. The van der Waals surface area contributed by atoms with Gasteiger partial charge in [-0.2, -0.15) is 17.0 Å². The van der Waals surface area contributed by atoms with Gasteiger partial charge >= 0.3 is 0 Å². The minimum Gasteiger partial charge on any atom is -0.384 e. The van der Waals surface area contributed by atoms with E-state index in [-0.39, 0.29) is 0 Å². The molecule has 2 nitrogen and oxygen atoms in total. The van der Waals surface area contributed by atoms with Crippen molar-refractivity contribution in [1.82, 2.24) is 0 Å². The predicted molar refractivity (Wildman–Crippen MR) is 70.1 cm³/mol. The lowest BCUT2D eigenvalue weighted by molar-refractivity contribution is 0.805. The molecule has 4 heteroatoms. The molecule has 0 spiro atoms. The number of thioether (sulfide) groups is 1. The summed E-state index contributed by atoms with van der Waals surface area (Å²) >= 11 is 7.98. The molecule has 1 N–H and O–H groups in total. The number of hydrogen-bond donors (Lipinski definition) is 1. The lowest BCUT2D eigenvalue weighted by Crippen LogP contribution is -2.13. The SMILES string of the molecule is N#Cc1ccc(NCC2CCCS2)cc1Cl. The molecular formula is C12H13ClN2S. The smallest absolute Gasteiger partial charge is 0.101 e. The summed E-state index contributed by atoms with van der Waals surface area (Å²) in [5, 5.41) is 13.4. The zero-order valence-electron chi connectivity index (χ0n) is 8.87. The Hall–Kier alpha value is -0.850. The van der Waals surface area contributed by atoms with E-state index in [2.05, 4.69) is 11.4 Å². The highest BCUT2D eigenvalue weighted by Crippen LogP contribution is 2.27. The molecule has 1 saturated heterocycles. The van der Waals surface area contributed by atoms with E-state index in [1.54, 1.807) is 6.07 Å². The Balaban J connectivity index is 1.94. The Bertz CT molecular complexity index is 408. The molecule has 0 radical (unpaired) electrons. The minimum absolute atomic E-state index is 0.520. The van der Waals surface area contributed by atoms with Gasteiger partial charge in [0.05, 0.1) is 10.6 Å². The topological polar surface area (TPSA) is 35.8 Å². The molecule has 0 amide bonds. The van der Waals surface area contributed by atoms with Gasteiger partial charge in [-0.25, -0.2) is 0 Å². The first-order valence-electron chi connectivity index (χ1n) is 5.35. The molecule has 84 valence electrons. The Morgan fingerprint density at radius 3 is 3.06 bits per heavy atom. The van der Waals surface area contributed by atoms with Crippen molar-refractivity contribution >= 4 is 29.1 Å². The first kappa shape index (κ1) is 11.6. The van der Waals surface area contributed by atoms with E-state index in [9.17, 15) is 0 Å². The Morgan fingerprint density at radius 2 is 2.44 bits per heavy atom. The van der Waals surface area contributed by atoms with Crippen LogP contribution in [-0.4, -0.2) is 17.5 Å². The highest BCUT2D eigenvalue weighted by molar-refractivity contribution is 8.00. The third-order valence-electron chi connectivity index (χ3n) is 2.65. The van der Waals surface area contributed by atoms with Gasteiger partial charge in [0.1, 0.15) is 6.07 Å². The van der Waals surface area contributed by atoms with Crippen LogP contribution in [0.1, 0.15) is 18.4 Å². The van der Waals surface area contributed by atoms with E-state index in [0.29, 0.717) is 10.6 Å². The van der Waals surface area contributed by atoms with Crippen molar-refractivity contribution in [2.75, 3.05) is 17.6 Å². The van der Waals surface area contributed by atoms with Gasteiger partial charge in [-0.1, -0.05) is 11.6 Å². The van der Waals surface area contributed by atoms with Gasteiger partial charge in [-0.05, 0) is 36.8 Å². The molecule has 0 bridgehead atoms. The van der Waals surface area contributed by atoms with Crippen LogP contribution in [0.3, 0.4) is 0 Å². The number of halogens is 1. The number of hydrogen-bond acceptors (Lipinski definition) is 3. The summed E-state index contributed by atoms with van der Waals surface area (Å²) in [7, 11) is 0. The molecule has 1 fully saturated rings. The average molecular weight is 253 g/mol. The second kappa shape index (κ2) is 5.47. The van der Waals surface area contributed by atoms with Crippen molar-refractivity contribution < 1.29 is 0 Å². The molecule has 1 aliphatic heterocycles. The minimum atomic E-state index is 0.520. The zero-order valence-corrected chi connectivity index (χ0v) is 10.4. The van der Waals surface area contributed by atoms with Crippen molar-refractivity contribution in [2.24, 2.45) is 0 Å². The van der Waals surface area contributed by atoms with Gasteiger partial charge in [0.2, 0.25) is 0 Å². The van der Waals surface area contributed by atoms with Gasteiger partial charge in [-0.3, -0.25) is 0 Å². The highest BCUT2D eigenvalue weighted by Gasteiger charge is 2.14. The van der Waals surface area contributed by atoms with Crippen LogP contribution < -0.4 is 5.32 Å². The summed E-state index contributed by atoms with van der Waals surface area (Å²) in [6.45, 7) is 0.979. The van der Waals surface area contributed by atoms with Crippen LogP contribution in [0.25, 0.3) is 0 Å². The van der Waals surface area contributed by atoms with Gasteiger partial charge in [0, 0.05) is 17.5 Å². The third kappa shape index (κ3) is 2.84. The van der Waals surface area contributed by atoms with Gasteiger partial charge in [-0.15, -0.1) is 0 Å². The molecule has 2 rings (SSSR count). The number of nitrogens with zero attached hydrogens (tertiary/aromatic N) is 1. The molecule has 1 aliphatic rings. The van der Waals surface area contributed by atoms with Crippen LogP contribution in [0.15, 0.2) is 18.2 Å². The Kier molecular flexibility index (Phi) is 3.98. The quantitative estimate of drug-likeness (QED) is 0.894. The average Bonchev–Trinajstić information content (AvgIpc) is 2.79. The van der Waals surface area contributed by atoms with E-state index in [0.717, 1.165) is 17.5 Å². The number of nitriles is 1. The second-order valence-corrected chi connectivity index (χ2v) is 5.64. The Labute approximate surface area is 105 Å². The summed E-state index contributed by atoms with van der Waals surface area (Å²) in [5.41, 5.74) is 1.53. The molecule has 1 atom stereocenters. The summed E-state index contributed by atoms with van der Waals surface area (Å²) in [4.78, 5) is 0. The monoisotopic (exact) mass is 252 g/mol. The molecule has 1 aromatic rings. The van der Waals surface area contributed by atoms with Crippen molar-refractivity contribution in [2.45, 2.75) is 18.1 Å². The Morgan fingerprint density at radius 1 is 1.56 bits per heavy atom. The molecule has 16 heavy (non-hydrogen) atoms. The molecule has 0 saturated carbocycles. The highest BCUT2D eigenvalue weighted by atomic mass is 35.5. The second-order valence-electron chi connectivity index (χ2n) is 3.82. The number of benzene rings is 1. The van der Waals surface area contributed by atoms with E-state index >= 15 is 0 Å². The van der Waals surface area contributed by atoms with Crippen LogP contribution in [0.4, 0.5) is 5.69 Å². The molecule has 1 unspecified atom stereocenters. The van der Waals surface area contributed by atoms with Crippen LogP contribution in [0.5, 0.6) is 0 Å². The molecule has 0 aliphatic carbocycles. The predicted octanol–water partition coefficient (Wildman–Crippen LogP) is 3.52. The number of rotatable bonds is 3. The number of nitrogens with one attached hydrogen (secondary N) is 1. The van der Waals surface area contributed by atoms with Crippen LogP contribution in [-0.2, 0) is 0 Å². The molecule has 0 aromatic heterocycles. The summed E-state index contributed by atoms with van der Waals surface area (Å²) < 4.78 is 0. The largest absolute Gasteiger partial charge is 0.384 e. The maximum absolute atomic E-state index is 8.75. The van der Waals surface area contributed by atoms with Crippen molar-refractivity contribution in [3.63, 3.8) is 0 Å². The van der Waals surface area contributed by atoms with Crippen LogP contribution in [0, 0.1) is 11.3 Å². The third-order valence-corrected chi connectivity index (χ3v) is 4.36. The fourth-order valence-corrected chi connectivity index (χ4v) is 3.18. The maximum atomic E-state index is 8.75. The first-order chi connectivity index (χ1) is 7.79.